The molecule has 3 heterocycles. The maximum Gasteiger partial charge on any atom is 0.251 e. The van der Waals surface area contributed by atoms with Crippen LogP contribution in [0.15, 0.2) is 73.1 Å². The summed E-state index contributed by atoms with van der Waals surface area (Å²) in [7, 11) is 0. The van der Waals surface area contributed by atoms with Crippen LogP contribution in [0.3, 0.4) is 0 Å². The van der Waals surface area contributed by atoms with Crippen LogP contribution in [0, 0.1) is 6.92 Å². The van der Waals surface area contributed by atoms with Gasteiger partial charge in [-0.15, -0.1) is 10.2 Å². The lowest BCUT2D eigenvalue weighted by atomic mass is 10.1. The molecule has 0 saturated heterocycles. The second-order valence-electron chi connectivity index (χ2n) is 7.70. The van der Waals surface area contributed by atoms with Gasteiger partial charge in [0.25, 0.3) is 5.91 Å². The van der Waals surface area contributed by atoms with Crippen molar-refractivity contribution in [3.63, 3.8) is 0 Å². The van der Waals surface area contributed by atoms with E-state index in [2.05, 4.69) is 42.2 Å². The van der Waals surface area contributed by atoms with E-state index < -0.39 is 0 Å². The number of carbonyl (C=O) groups excluding carboxylic acids is 1. The van der Waals surface area contributed by atoms with Gasteiger partial charge in [0, 0.05) is 36.4 Å². The molecule has 32 heavy (non-hydrogen) atoms. The molecule has 5 aromatic rings. The first-order valence-electron chi connectivity index (χ1n) is 10.5. The molecule has 7 nitrogen and oxygen atoms in total. The van der Waals surface area contributed by atoms with Gasteiger partial charge in [-0.3, -0.25) is 9.78 Å². The number of pyridine rings is 1. The molecule has 1 N–H and O–H groups in total. The topological polar surface area (TPSA) is 85.6 Å². The molecule has 0 aliphatic rings. The number of benzene rings is 2. The second kappa shape index (κ2) is 8.55. The zero-order valence-corrected chi connectivity index (χ0v) is 17.7. The number of fused-ring (bicyclic) bond motifs is 3. The fourth-order valence-electron chi connectivity index (χ4n) is 3.87. The van der Waals surface area contributed by atoms with Crippen molar-refractivity contribution in [2.45, 2.75) is 19.9 Å². The molecule has 3 aromatic heterocycles. The molecule has 0 atom stereocenters. The molecule has 0 radical (unpaired) electrons. The Labute approximate surface area is 185 Å². The number of rotatable bonds is 6. The summed E-state index contributed by atoms with van der Waals surface area (Å²) in [6.07, 6.45) is 4.28. The number of amides is 1. The Hall–Kier alpha value is -4.13. The van der Waals surface area contributed by atoms with Crippen molar-refractivity contribution in [2.24, 2.45) is 0 Å². The third-order valence-corrected chi connectivity index (χ3v) is 5.51. The van der Waals surface area contributed by atoms with Gasteiger partial charge in [0.1, 0.15) is 5.82 Å². The van der Waals surface area contributed by atoms with E-state index in [-0.39, 0.29) is 5.91 Å². The normalized spacial score (nSPS) is 11.2. The van der Waals surface area contributed by atoms with Gasteiger partial charge in [0.05, 0.1) is 11.0 Å². The Morgan fingerprint density at radius 1 is 1.00 bits per heavy atom. The van der Waals surface area contributed by atoms with Crippen LogP contribution in [-0.4, -0.2) is 37.2 Å². The quantitative estimate of drug-likeness (QED) is 0.451. The molecule has 0 fully saturated rings. The van der Waals surface area contributed by atoms with Crippen molar-refractivity contribution in [2.75, 3.05) is 6.54 Å². The minimum atomic E-state index is -0.119. The standard InChI is InChI=1S/C25H22N6O/c1-17-28-24-23(31(17)16-19-6-3-2-4-7-19)21-14-20(9-10-22(21)29-30-24)25(32)27-13-11-18-8-5-12-26-15-18/h2-10,12,14-15H,11,13,16H2,1H3,(H,27,32). The van der Waals surface area contributed by atoms with Crippen molar-refractivity contribution < 1.29 is 4.79 Å². The first-order valence-corrected chi connectivity index (χ1v) is 10.5. The van der Waals surface area contributed by atoms with Gasteiger partial charge in [-0.05, 0) is 48.7 Å². The fraction of sp³-hybridized carbons (Fsp3) is 0.160. The Bertz CT molecular complexity index is 1400. The second-order valence-corrected chi connectivity index (χ2v) is 7.70. The Morgan fingerprint density at radius 2 is 1.84 bits per heavy atom. The summed E-state index contributed by atoms with van der Waals surface area (Å²) in [6.45, 7) is 3.18. The number of aryl methyl sites for hydroxylation is 1. The van der Waals surface area contributed by atoms with Crippen LogP contribution in [-0.2, 0) is 13.0 Å². The van der Waals surface area contributed by atoms with Gasteiger partial charge in [-0.1, -0.05) is 36.4 Å². The number of aromatic nitrogens is 5. The lowest BCUT2D eigenvalue weighted by Crippen LogP contribution is -2.25. The van der Waals surface area contributed by atoms with E-state index in [1.807, 2.05) is 55.6 Å². The lowest BCUT2D eigenvalue weighted by molar-refractivity contribution is 0.0954. The number of nitrogens with zero attached hydrogens (tertiary/aromatic N) is 5. The highest BCUT2D eigenvalue weighted by Gasteiger charge is 2.15. The average Bonchev–Trinajstić information content (AvgIpc) is 3.15. The van der Waals surface area contributed by atoms with E-state index in [9.17, 15) is 4.79 Å². The molecule has 1 amide bonds. The van der Waals surface area contributed by atoms with E-state index in [0.29, 0.717) is 24.3 Å². The predicted molar refractivity (Wildman–Crippen MR) is 123 cm³/mol. The zero-order valence-electron chi connectivity index (χ0n) is 17.7. The molecule has 7 heteroatoms. The van der Waals surface area contributed by atoms with Gasteiger partial charge in [0.15, 0.2) is 0 Å². The van der Waals surface area contributed by atoms with Crippen LogP contribution in [0.25, 0.3) is 22.1 Å². The minimum absolute atomic E-state index is 0.119. The van der Waals surface area contributed by atoms with Crippen LogP contribution < -0.4 is 5.32 Å². The van der Waals surface area contributed by atoms with E-state index in [0.717, 1.165) is 34.2 Å². The first-order chi connectivity index (χ1) is 15.7. The molecule has 0 bridgehead atoms. The Balaban J connectivity index is 1.46. The van der Waals surface area contributed by atoms with Gasteiger partial charge in [-0.2, -0.15) is 0 Å². The number of hydrogen-bond acceptors (Lipinski definition) is 5. The predicted octanol–water partition coefficient (Wildman–Crippen LogP) is 3.70. The van der Waals surface area contributed by atoms with Crippen LogP contribution in [0.2, 0.25) is 0 Å². The van der Waals surface area contributed by atoms with E-state index >= 15 is 0 Å². The van der Waals surface area contributed by atoms with E-state index in [1.165, 1.54) is 5.56 Å². The lowest BCUT2D eigenvalue weighted by Gasteiger charge is -2.10. The monoisotopic (exact) mass is 422 g/mol. The molecule has 0 spiro atoms. The van der Waals surface area contributed by atoms with Crippen molar-refractivity contribution in [1.29, 1.82) is 0 Å². The Kier molecular flexibility index (Phi) is 5.29. The summed E-state index contributed by atoms with van der Waals surface area (Å²) < 4.78 is 2.13. The number of nitrogens with one attached hydrogen (secondary N) is 1. The average molecular weight is 422 g/mol. The molecule has 0 aliphatic heterocycles. The van der Waals surface area contributed by atoms with Crippen molar-refractivity contribution in [3.8, 4) is 0 Å². The molecule has 158 valence electrons. The van der Waals surface area contributed by atoms with Crippen LogP contribution in [0.5, 0.6) is 0 Å². The minimum Gasteiger partial charge on any atom is -0.352 e. The smallest absolute Gasteiger partial charge is 0.251 e. The third kappa shape index (κ3) is 3.92. The fourth-order valence-corrected chi connectivity index (χ4v) is 3.87. The van der Waals surface area contributed by atoms with Gasteiger partial charge >= 0.3 is 0 Å². The summed E-state index contributed by atoms with van der Waals surface area (Å²) in [5.41, 5.74) is 5.05. The highest BCUT2D eigenvalue weighted by molar-refractivity contribution is 6.05. The number of carbonyl (C=O) groups is 1. The summed E-state index contributed by atoms with van der Waals surface area (Å²) in [5, 5.41) is 12.5. The summed E-state index contributed by atoms with van der Waals surface area (Å²) in [4.78, 5) is 21.5. The highest BCUT2D eigenvalue weighted by atomic mass is 16.1. The summed E-state index contributed by atoms with van der Waals surface area (Å²) in [5.74, 6) is 0.739. The van der Waals surface area contributed by atoms with Gasteiger partial charge in [-0.25, -0.2) is 4.98 Å². The largest absolute Gasteiger partial charge is 0.352 e. The van der Waals surface area contributed by atoms with Gasteiger partial charge < -0.3 is 9.88 Å². The summed E-state index contributed by atoms with van der Waals surface area (Å²) in [6, 6.07) is 19.6. The number of hydrogen-bond donors (Lipinski definition) is 1. The zero-order chi connectivity index (χ0) is 21.9. The Morgan fingerprint density at radius 3 is 2.66 bits per heavy atom. The van der Waals surface area contributed by atoms with E-state index in [1.54, 1.807) is 12.3 Å². The van der Waals surface area contributed by atoms with Crippen molar-refractivity contribution in [1.82, 2.24) is 30.0 Å². The van der Waals surface area contributed by atoms with Crippen LogP contribution in [0.4, 0.5) is 0 Å². The van der Waals surface area contributed by atoms with Crippen LogP contribution in [0.1, 0.15) is 27.3 Å². The maximum atomic E-state index is 12.8. The molecule has 0 saturated carbocycles. The SMILES string of the molecule is Cc1nc2nnc3ccc(C(=O)NCCc4cccnc4)cc3c2n1Cc1ccccc1. The van der Waals surface area contributed by atoms with Gasteiger partial charge in [0.2, 0.25) is 5.65 Å². The molecule has 0 aliphatic carbocycles. The molecular formula is C25H22N6O. The third-order valence-electron chi connectivity index (χ3n) is 5.51. The molecule has 0 unspecified atom stereocenters. The van der Waals surface area contributed by atoms with Crippen LogP contribution >= 0.6 is 0 Å². The first kappa shape index (κ1) is 19.8. The maximum absolute atomic E-state index is 12.8. The summed E-state index contributed by atoms with van der Waals surface area (Å²) >= 11 is 0. The molecular weight excluding hydrogens is 400 g/mol. The highest BCUT2D eigenvalue weighted by Crippen LogP contribution is 2.25. The van der Waals surface area contributed by atoms with Crippen molar-refractivity contribution >= 4 is 28.0 Å². The molecule has 5 rings (SSSR count). The number of imidazole rings is 1. The molecule has 2 aromatic carbocycles. The van der Waals surface area contributed by atoms with Crippen molar-refractivity contribution in [3.05, 3.63) is 95.6 Å². The van der Waals surface area contributed by atoms with E-state index in [4.69, 9.17) is 0 Å².